The third-order valence-corrected chi connectivity index (χ3v) is 2.79. The molecule has 1 aromatic carbocycles. The molecule has 0 radical (unpaired) electrons. The van der Waals surface area contributed by atoms with Crippen LogP contribution in [0.25, 0.3) is 11.3 Å². The Morgan fingerprint density at radius 3 is 2.86 bits per heavy atom. The molecular formula is C13H10O. The standard InChI is InChI=1S/C13H10O/c1-8-5-6-11-12(7-8)9-3-2-4-10(9)13(11)14/h2-7,14H,1H3. The molecule has 0 atom stereocenters. The van der Waals surface area contributed by atoms with Gasteiger partial charge in [-0.1, -0.05) is 42.0 Å². The molecule has 1 nitrogen and oxygen atoms in total. The van der Waals surface area contributed by atoms with Crippen molar-refractivity contribution < 1.29 is 5.11 Å². The molecule has 2 aliphatic carbocycles. The number of rotatable bonds is 0. The van der Waals surface area contributed by atoms with Gasteiger partial charge in [0.1, 0.15) is 5.76 Å². The zero-order chi connectivity index (χ0) is 9.71. The molecule has 0 aromatic heterocycles. The fraction of sp³-hybridized carbons (Fsp3) is 0.0769. The minimum atomic E-state index is 0.417. The first-order valence-electron chi connectivity index (χ1n) is 4.71. The summed E-state index contributed by atoms with van der Waals surface area (Å²) in [5, 5.41) is 12.0. The van der Waals surface area contributed by atoms with Gasteiger partial charge in [0.25, 0.3) is 0 Å². The molecule has 1 N–H and O–H groups in total. The van der Waals surface area contributed by atoms with Crippen molar-refractivity contribution >= 4 is 11.3 Å². The fourth-order valence-electron chi connectivity index (χ4n) is 2.09. The van der Waals surface area contributed by atoms with Crippen LogP contribution in [0.3, 0.4) is 0 Å². The number of aliphatic hydroxyl groups excluding tert-OH is 1. The molecule has 0 saturated carbocycles. The first-order chi connectivity index (χ1) is 6.77. The van der Waals surface area contributed by atoms with Gasteiger partial charge < -0.3 is 5.11 Å². The van der Waals surface area contributed by atoms with Crippen LogP contribution in [-0.2, 0) is 0 Å². The highest BCUT2D eigenvalue weighted by Crippen LogP contribution is 2.26. The topological polar surface area (TPSA) is 20.2 Å². The van der Waals surface area contributed by atoms with Crippen LogP contribution in [0, 0.1) is 6.92 Å². The summed E-state index contributed by atoms with van der Waals surface area (Å²) in [5.74, 6) is 0.417. The van der Waals surface area contributed by atoms with E-state index in [2.05, 4.69) is 19.1 Å². The zero-order valence-corrected chi connectivity index (χ0v) is 7.91. The number of benzene rings is 1. The van der Waals surface area contributed by atoms with E-state index in [4.69, 9.17) is 0 Å². The van der Waals surface area contributed by atoms with Crippen molar-refractivity contribution in [1.82, 2.24) is 0 Å². The molecule has 0 aliphatic heterocycles. The molecule has 1 heteroatoms. The van der Waals surface area contributed by atoms with Gasteiger partial charge in [-0.15, -0.1) is 0 Å². The Morgan fingerprint density at radius 2 is 2.00 bits per heavy atom. The Balaban J connectivity index is 2.58. The number of aryl methyl sites for hydroxylation is 1. The van der Waals surface area contributed by atoms with Gasteiger partial charge >= 0.3 is 0 Å². The van der Waals surface area contributed by atoms with Gasteiger partial charge in [0.05, 0.1) is 0 Å². The third-order valence-electron chi connectivity index (χ3n) is 2.79. The van der Waals surface area contributed by atoms with Crippen molar-refractivity contribution in [2.45, 2.75) is 6.92 Å². The summed E-state index contributed by atoms with van der Waals surface area (Å²) in [4.78, 5) is 0. The zero-order valence-electron chi connectivity index (χ0n) is 7.91. The van der Waals surface area contributed by atoms with Crippen molar-refractivity contribution in [2.24, 2.45) is 0 Å². The Bertz CT molecular complexity index is 601. The van der Waals surface area contributed by atoms with Crippen molar-refractivity contribution in [3.63, 3.8) is 0 Å². The lowest BCUT2D eigenvalue weighted by Crippen LogP contribution is -2.24. The lowest BCUT2D eigenvalue weighted by atomic mass is 10.1. The van der Waals surface area contributed by atoms with E-state index in [-0.39, 0.29) is 0 Å². The lowest BCUT2D eigenvalue weighted by Gasteiger charge is -1.94. The predicted molar refractivity (Wildman–Crippen MR) is 57.1 cm³/mol. The summed E-state index contributed by atoms with van der Waals surface area (Å²) in [7, 11) is 0. The van der Waals surface area contributed by atoms with Gasteiger partial charge in [0, 0.05) is 10.8 Å². The maximum absolute atomic E-state index is 9.93. The molecular weight excluding hydrogens is 172 g/mol. The molecule has 2 aliphatic rings. The molecule has 0 heterocycles. The van der Waals surface area contributed by atoms with Crippen molar-refractivity contribution in [3.05, 3.63) is 58.0 Å². The maximum Gasteiger partial charge on any atom is 0.131 e. The molecule has 0 fully saturated rings. The Morgan fingerprint density at radius 1 is 1.14 bits per heavy atom. The average molecular weight is 182 g/mol. The van der Waals surface area contributed by atoms with Gasteiger partial charge in [-0.05, 0) is 17.7 Å². The molecule has 0 amide bonds. The van der Waals surface area contributed by atoms with Crippen LogP contribution in [0.5, 0.6) is 0 Å². The first-order valence-corrected chi connectivity index (χ1v) is 4.71. The van der Waals surface area contributed by atoms with Gasteiger partial charge in [0.2, 0.25) is 0 Å². The minimum Gasteiger partial charge on any atom is -0.507 e. The molecule has 1 aromatic rings. The van der Waals surface area contributed by atoms with E-state index in [1.807, 2.05) is 24.3 Å². The highest BCUT2D eigenvalue weighted by atomic mass is 16.3. The second kappa shape index (κ2) is 2.38. The van der Waals surface area contributed by atoms with Crippen molar-refractivity contribution in [3.8, 4) is 0 Å². The number of hydrogen-bond donors (Lipinski definition) is 1. The van der Waals surface area contributed by atoms with Gasteiger partial charge in [-0.2, -0.15) is 0 Å². The van der Waals surface area contributed by atoms with E-state index >= 15 is 0 Å². The number of aliphatic hydroxyl groups is 1. The summed E-state index contributed by atoms with van der Waals surface area (Å²) in [5.41, 5.74) is 3.34. The molecule has 68 valence electrons. The van der Waals surface area contributed by atoms with Gasteiger partial charge in [0.15, 0.2) is 0 Å². The SMILES string of the molecule is Cc1ccc2c(c1)=C1C=CC=C1C=2O. The number of hydrogen-bond acceptors (Lipinski definition) is 1. The van der Waals surface area contributed by atoms with E-state index in [1.54, 1.807) is 0 Å². The highest BCUT2D eigenvalue weighted by molar-refractivity contribution is 5.93. The van der Waals surface area contributed by atoms with Gasteiger partial charge in [-0.3, -0.25) is 0 Å². The van der Waals surface area contributed by atoms with Crippen LogP contribution >= 0.6 is 0 Å². The normalized spacial score (nSPS) is 17.1. The van der Waals surface area contributed by atoms with Crippen LogP contribution in [-0.4, -0.2) is 5.11 Å². The Labute approximate surface area is 82.0 Å². The second-order valence-corrected chi connectivity index (χ2v) is 3.75. The fourth-order valence-corrected chi connectivity index (χ4v) is 2.09. The first kappa shape index (κ1) is 7.63. The average Bonchev–Trinajstić information content (AvgIpc) is 2.71. The van der Waals surface area contributed by atoms with Crippen LogP contribution in [0.15, 0.2) is 42.0 Å². The Kier molecular flexibility index (Phi) is 1.30. The summed E-state index contributed by atoms with van der Waals surface area (Å²) in [6, 6.07) is 6.14. The van der Waals surface area contributed by atoms with E-state index in [9.17, 15) is 5.11 Å². The number of allylic oxidation sites excluding steroid dienone is 3. The van der Waals surface area contributed by atoms with Crippen LogP contribution in [0.1, 0.15) is 5.56 Å². The monoisotopic (exact) mass is 182 g/mol. The van der Waals surface area contributed by atoms with E-state index in [0.717, 1.165) is 21.6 Å². The maximum atomic E-state index is 9.93. The van der Waals surface area contributed by atoms with Gasteiger partial charge in [-0.25, -0.2) is 0 Å². The van der Waals surface area contributed by atoms with Crippen molar-refractivity contribution in [2.75, 3.05) is 0 Å². The molecule has 0 saturated heterocycles. The largest absolute Gasteiger partial charge is 0.507 e. The predicted octanol–water partition coefficient (Wildman–Crippen LogP) is 1.32. The quantitative estimate of drug-likeness (QED) is 0.641. The summed E-state index contributed by atoms with van der Waals surface area (Å²) in [6.07, 6.45) is 5.99. The van der Waals surface area contributed by atoms with Crippen molar-refractivity contribution in [1.29, 1.82) is 0 Å². The third kappa shape index (κ3) is 0.791. The van der Waals surface area contributed by atoms with Crippen LogP contribution in [0.2, 0.25) is 0 Å². The lowest BCUT2D eigenvalue weighted by molar-refractivity contribution is 0.509. The second-order valence-electron chi connectivity index (χ2n) is 3.75. The summed E-state index contributed by atoms with van der Waals surface area (Å²) in [6.45, 7) is 2.07. The summed E-state index contributed by atoms with van der Waals surface area (Å²) >= 11 is 0. The van der Waals surface area contributed by atoms with E-state index < -0.39 is 0 Å². The molecule has 0 spiro atoms. The molecule has 0 bridgehead atoms. The van der Waals surface area contributed by atoms with Crippen LogP contribution in [0.4, 0.5) is 0 Å². The van der Waals surface area contributed by atoms with Crippen LogP contribution < -0.4 is 10.4 Å². The summed E-state index contributed by atoms with van der Waals surface area (Å²) < 4.78 is 0. The minimum absolute atomic E-state index is 0.417. The molecule has 0 unspecified atom stereocenters. The van der Waals surface area contributed by atoms with E-state index in [1.165, 1.54) is 5.56 Å². The molecule has 3 rings (SSSR count). The smallest absolute Gasteiger partial charge is 0.131 e. The highest BCUT2D eigenvalue weighted by Gasteiger charge is 2.18. The van der Waals surface area contributed by atoms with E-state index in [0.29, 0.717) is 5.76 Å². The molecule has 14 heavy (non-hydrogen) atoms. The number of fused-ring (bicyclic) bond motifs is 2. The Hall–Kier alpha value is -1.76.